The Balaban J connectivity index is 4.54. The number of carbonyl (C=O) groups excluding carboxylic acids is 2. The number of ether oxygens (including phenoxy) is 2. The van der Waals surface area contributed by atoms with E-state index in [1.54, 1.807) is 0 Å². The largest absolute Gasteiger partial charge is 0.472 e. The van der Waals surface area contributed by atoms with E-state index >= 15 is 0 Å². The van der Waals surface area contributed by atoms with Crippen molar-refractivity contribution in [3.05, 3.63) is 0 Å². The standard InChI is InChI=1S/C21H41O10P/c1-3-5-7-8-9-11-12-20(24)28-16-19(31-21(25)13-10-6-4-2)17-30-32(26,27)29-15-18(23)14-22/h18-19,22-23H,3-17H2,1-2H3,(H,26,27)/t18-,19+/m0/s1. The van der Waals surface area contributed by atoms with Gasteiger partial charge in [-0.05, 0) is 12.8 Å². The Morgan fingerprint density at radius 3 is 2.00 bits per heavy atom. The van der Waals surface area contributed by atoms with Crippen LogP contribution >= 0.6 is 7.82 Å². The number of phosphoric ester groups is 1. The maximum absolute atomic E-state index is 12.0. The van der Waals surface area contributed by atoms with Crippen molar-refractivity contribution in [3.63, 3.8) is 0 Å². The van der Waals surface area contributed by atoms with Crippen LogP contribution in [0.1, 0.15) is 84.5 Å². The summed E-state index contributed by atoms with van der Waals surface area (Å²) in [5.41, 5.74) is 0. The minimum absolute atomic E-state index is 0.173. The molecular weight excluding hydrogens is 443 g/mol. The molecule has 0 amide bonds. The van der Waals surface area contributed by atoms with Crippen molar-refractivity contribution >= 4 is 19.8 Å². The molecule has 0 aromatic rings. The van der Waals surface area contributed by atoms with Gasteiger partial charge in [0.2, 0.25) is 0 Å². The minimum atomic E-state index is -4.56. The molecule has 0 aromatic heterocycles. The Hall–Kier alpha value is -1.03. The van der Waals surface area contributed by atoms with Gasteiger partial charge in [-0.25, -0.2) is 4.57 Å². The first-order chi connectivity index (χ1) is 15.2. The van der Waals surface area contributed by atoms with Crippen molar-refractivity contribution < 1.29 is 47.8 Å². The van der Waals surface area contributed by atoms with Gasteiger partial charge in [-0.3, -0.25) is 18.6 Å². The van der Waals surface area contributed by atoms with Crippen molar-refractivity contribution in [2.75, 3.05) is 26.4 Å². The molecule has 0 radical (unpaired) electrons. The number of aliphatic hydroxyl groups excluding tert-OH is 2. The summed E-state index contributed by atoms with van der Waals surface area (Å²) in [7, 11) is -4.56. The predicted molar refractivity (Wildman–Crippen MR) is 118 cm³/mol. The molecule has 0 fully saturated rings. The Bertz CT molecular complexity index is 543. The summed E-state index contributed by atoms with van der Waals surface area (Å²) in [4.78, 5) is 33.6. The molecule has 0 saturated heterocycles. The van der Waals surface area contributed by atoms with Gasteiger partial charge in [0.15, 0.2) is 6.10 Å². The molecule has 0 rings (SSSR count). The van der Waals surface area contributed by atoms with Gasteiger partial charge < -0.3 is 24.6 Å². The number of carbonyl (C=O) groups is 2. The second-order valence-electron chi connectivity index (χ2n) is 7.67. The molecule has 0 aliphatic rings. The number of aliphatic hydroxyl groups is 2. The van der Waals surface area contributed by atoms with Gasteiger partial charge in [0.05, 0.1) is 19.8 Å². The smallest absolute Gasteiger partial charge is 0.462 e. The van der Waals surface area contributed by atoms with Gasteiger partial charge in [-0.1, -0.05) is 58.8 Å². The first-order valence-corrected chi connectivity index (χ1v) is 13.0. The molecule has 32 heavy (non-hydrogen) atoms. The average molecular weight is 485 g/mol. The first kappa shape index (κ1) is 31.0. The van der Waals surface area contributed by atoms with E-state index in [4.69, 9.17) is 19.1 Å². The number of hydrogen-bond acceptors (Lipinski definition) is 9. The maximum Gasteiger partial charge on any atom is 0.472 e. The molecule has 0 saturated carbocycles. The zero-order valence-corrected chi connectivity index (χ0v) is 20.3. The molecule has 0 aliphatic heterocycles. The minimum Gasteiger partial charge on any atom is -0.462 e. The topological polar surface area (TPSA) is 149 Å². The van der Waals surface area contributed by atoms with Crippen molar-refractivity contribution in [2.24, 2.45) is 0 Å². The lowest BCUT2D eigenvalue weighted by atomic mass is 10.1. The van der Waals surface area contributed by atoms with E-state index in [1.807, 2.05) is 6.92 Å². The third kappa shape index (κ3) is 18.5. The van der Waals surface area contributed by atoms with Gasteiger partial charge in [-0.15, -0.1) is 0 Å². The van der Waals surface area contributed by atoms with E-state index in [0.717, 1.165) is 38.5 Å². The highest BCUT2D eigenvalue weighted by Gasteiger charge is 2.27. The zero-order chi connectivity index (χ0) is 24.2. The van der Waals surface area contributed by atoms with Crippen LogP contribution in [0.3, 0.4) is 0 Å². The summed E-state index contributed by atoms with van der Waals surface area (Å²) in [6, 6.07) is 0. The van der Waals surface area contributed by atoms with Gasteiger partial charge in [0.25, 0.3) is 0 Å². The van der Waals surface area contributed by atoms with Crippen LogP contribution in [-0.4, -0.2) is 65.7 Å². The molecule has 0 spiro atoms. The monoisotopic (exact) mass is 484 g/mol. The average Bonchev–Trinajstić information content (AvgIpc) is 2.76. The van der Waals surface area contributed by atoms with Crippen molar-refractivity contribution in [1.82, 2.24) is 0 Å². The zero-order valence-electron chi connectivity index (χ0n) is 19.4. The van der Waals surface area contributed by atoms with Gasteiger partial charge in [0.1, 0.15) is 12.7 Å². The third-order valence-corrected chi connectivity index (χ3v) is 5.46. The Kier molecular flexibility index (Phi) is 18.8. The summed E-state index contributed by atoms with van der Waals surface area (Å²) in [5.74, 6) is -0.967. The molecule has 3 atom stereocenters. The molecule has 0 heterocycles. The summed E-state index contributed by atoms with van der Waals surface area (Å²) in [6.45, 7) is 2.03. The van der Waals surface area contributed by atoms with Gasteiger partial charge in [0, 0.05) is 12.8 Å². The number of esters is 2. The third-order valence-electron chi connectivity index (χ3n) is 4.51. The van der Waals surface area contributed by atoms with Gasteiger partial charge >= 0.3 is 19.8 Å². The Morgan fingerprint density at radius 2 is 1.34 bits per heavy atom. The lowest BCUT2D eigenvalue weighted by Gasteiger charge is -2.20. The van der Waals surface area contributed by atoms with Crippen molar-refractivity contribution in [2.45, 2.75) is 96.7 Å². The Morgan fingerprint density at radius 1 is 0.812 bits per heavy atom. The lowest BCUT2D eigenvalue weighted by Crippen LogP contribution is -2.29. The van der Waals surface area contributed by atoms with E-state index in [0.29, 0.717) is 12.8 Å². The van der Waals surface area contributed by atoms with Crippen LogP contribution in [0.15, 0.2) is 0 Å². The number of phosphoric acid groups is 1. The summed E-state index contributed by atoms with van der Waals surface area (Å²) in [6.07, 6.45) is 6.57. The van der Waals surface area contributed by atoms with Crippen LogP contribution in [0.2, 0.25) is 0 Å². The Labute approximate surface area is 191 Å². The molecule has 10 nitrogen and oxygen atoms in total. The second kappa shape index (κ2) is 19.4. The van der Waals surface area contributed by atoms with E-state index in [9.17, 15) is 24.2 Å². The van der Waals surface area contributed by atoms with Crippen LogP contribution in [-0.2, 0) is 32.7 Å². The molecule has 0 aromatic carbocycles. The van der Waals surface area contributed by atoms with Crippen LogP contribution in [0.4, 0.5) is 0 Å². The van der Waals surface area contributed by atoms with E-state index in [-0.39, 0.29) is 19.4 Å². The SMILES string of the molecule is CCCCCCCCC(=O)OC[C@H](COP(=O)(O)OC[C@@H](O)CO)OC(=O)CCCCC. The van der Waals surface area contributed by atoms with E-state index in [1.165, 1.54) is 6.42 Å². The van der Waals surface area contributed by atoms with E-state index in [2.05, 4.69) is 11.4 Å². The molecule has 0 aliphatic carbocycles. The summed E-state index contributed by atoms with van der Waals surface area (Å²) < 4.78 is 31.7. The number of unbranched alkanes of at least 4 members (excludes halogenated alkanes) is 7. The van der Waals surface area contributed by atoms with Crippen molar-refractivity contribution in [3.8, 4) is 0 Å². The second-order valence-corrected chi connectivity index (χ2v) is 9.12. The maximum atomic E-state index is 12.0. The fourth-order valence-electron chi connectivity index (χ4n) is 2.64. The van der Waals surface area contributed by atoms with Crippen LogP contribution in [0.5, 0.6) is 0 Å². The fraction of sp³-hybridized carbons (Fsp3) is 0.905. The highest BCUT2D eigenvalue weighted by Crippen LogP contribution is 2.43. The van der Waals surface area contributed by atoms with Crippen LogP contribution < -0.4 is 0 Å². The van der Waals surface area contributed by atoms with Crippen molar-refractivity contribution in [1.29, 1.82) is 0 Å². The summed E-state index contributed by atoms with van der Waals surface area (Å²) >= 11 is 0. The normalized spacial score (nSPS) is 15.0. The van der Waals surface area contributed by atoms with Gasteiger partial charge in [-0.2, -0.15) is 0 Å². The molecule has 3 N–H and O–H groups in total. The van der Waals surface area contributed by atoms with E-state index < -0.39 is 51.8 Å². The van der Waals surface area contributed by atoms with Crippen LogP contribution in [0, 0.1) is 0 Å². The molecule has 11 heteroatoms. The van der Waals surface area contributed by atoms with Crippen LogP contribution in [0.25, 0.3) is 0 Å². The number of rotatable bonds is 21. The summed E-state index contributed by atoms with van der Waals surface area (Å²) in [5, 5.41) is 17.9. The highest BCUT2D eigenvalue weighted by molar-refractivity contribution is 7.47. The quantitative estimate of drug-likeness (QED) is 0.126. The highest BCUT2D eigenvalue weighted by atomic mass is 31.2. The number of hydrogen-bond donors (Lipinski definition) is 3. The molecule has 0 bridgehead atoms. The molecule has 190 valence electrons. The fourth-order valence-corrected chi connectivity index (χ4v) is 3.43. The predicted octanol–water partition coefficient (Wildman–Crippen LogP) is 3.26. The first-order valence-electron chi connectivity index (χ1n) is 11.5. The lowest BCUT2D eigenvalue weighted by molar-refractivity contribution is -0.161. The molecular formula is C21H41O10P. The molecule has 1 unspecified atom stereocenters.